The monoisotopic (exact) mass is 226 g/mol. The van der Waals surface area contributed by atoms with Crippen LogP contribution >= 0.6 is 0 Å². The number of sulfonamides is 1. The highest BCUT2D eigenvalue weighted by Gasteiger charge is 1.88. The molecule has 0 aliphatic rings. The van der Waals surface area contributed by atoms with Gasteiger partial charge in [-0.2, -0.15) is 0 Å². The van der Waals surface area contributed by atoms with Crippen LogP contribution in [0.5, 0.6) is 0 Å². The number of amides is 1. The van der Waals surface area contributed by atoms with E-state index in [0.717, 1.165) is 6.26 Å². The van der Waals surface area contributed by atoms with Crippen molar-refractivity contribution < 1.29 is 13.2 Å². The number of rotatable bonds is 1. The van der Waals surface area contributed by atoms with Gasteiger partial charge in [-0.3, -0.25) is 4.79 Å². The van der Waals surface area contributed by atoms with Crippen LogP contribution < -0.4 is 4.72 Å². The van der Waals surface area contributed by atoms with Gasteiger partial charge < -0.3 is 4.90 Å². The van der Waals surface area contributed by atoms with Gasteiger partial charge in [0.25, 0.3) is 0 Å². The van der Waals surface area contributed by atoms with Crippen molar-refractivity contribution in [3.8, 4) is 0 Å². The van der Waals surface area contributed by atoms with Crippen LogP contribution in [-0.2, 0) is 14.8 Å². The van der Waals surface area contributed by atoms with Crippen molar-refractivity contribution in [1.29, 1.82) is 0 Å². The lowest BCUT2D eigenvalue weighted by atomic mass is 10.7. The average Bonchev–Trinajstić information content (AvgIpc) is 2.07. The van der Waals surface area contributed by atoms with Crippen LogP contribution in [0.3, 0.4) is 0 Å². The Morgan fingerprint density at radius 2 is 1.36 bits per heavy atom. The summed E-state index contributed by atoms with van der Waals surface area (Å²) in [6, 6.07) is 0. The molecule has 0 bridgehead atoms. The molecule has 0 aromatic heterocycles. The van der Waals surface area contributed by atoms with E-state index in [1.807, 2.05) is 13.8 Å². The summed E-state index contributed by atoms with van der Waals surface area (Å²) in [4.78, 5) is 11.6. The summed E-state index contributed by atoms with van der Waals surface area (Å²) in [6.45, 7) is 5.53. The maximum absolute atomic E-state index is 10.1. The lowest BCUT2D eigenvalue weighted by molar-refractivity contribution is -0.126. The van der Waals surface area contributed by atoms with Crippen molar-refractivity contribution >= 4 is 15.9 Å². The molecule has 1 amide bonds. The summed E-state index contributed by atoms with van der Waals surface area (Å²) >= 11 is 0. The fraction of sp³-hybridized carbons (Fsp3) is 0.875. The summed E-state index contributed by atoms with van der Waals surface area (Å²) < 4.78 is 21.9. The van der Waals surface area contributed by atoms with Crippen LogP contribution in [0.15, 0.2) is 0 Å². The zero-order valence-corrected chi connectivity index (χ0v) is 10.9. The second kappa shape index (κ2) is 10.5. The van der Waals surface area contributed by atoms with E-state index in [4.69, 9.17) is 0 Å². The fourth-order valence-electron chi connectivity index (χ4n) is 0. The number of nitrogens with one attached hydrogen (secondary N) is 1. The number of carbonyl (C=O) groups excluding carboxylic acids is 1. The van der Waals surface area contributed by atoms with Gasteiger partial charge in [0.15, 0.2) is 0 Å². The van der Waals surface area contributed by atoms with Crippen LogP contribution in [-0.4, -0.2) is 46.6 Å². The SMILES string of the molecule is CC.CC(=O)N(C)C.CNS(C)(=O)=O. The van der Waals surface area contributed by atoms with E-state index < -0.39 is 10.0 Å². The zero-order chi connectivity index (χ0) is 12.4. The zero-order valence-electron chi connectivity index (χ0n) is 10.1. The highest BCUT2D eigenvalue weighted by Crippen LogP contribution is 1.69. The molecule has 0 fully saturated rings. The van der Waals surface area contributed by atoms with E-state index >= 15 is 0 Å². The Bertz CT molecular complexity index is 223. The molecule has 1 N–H and O–H groups in total. The number of nitrogens with zero attached hydrogens (tertiary/aromatic N) is 1. The van der Waals surface area contributed by atoms with Crippen LogP contribution in [0.4, 0.5) is 0 Å². The minimum Gasteiger partial charge on any atom is -0.349 e. The molecule has 6 heteroatoms. The van der Waals surface area contributed by atoms with Gasteiger partial charge in [-0.15, -0.1) is 0 Å². The van der Waals surface area contributed by atoms with Crippen molar-refractivity contribution in [2.75, 3.05) is 27.4 Å². The predicted molar refractivity (Wildman–Crippen MR) is 59.6 cm³/mol. The van der Waals surface area contributed by atoms with Gasteiger partial charge in [0.05, 0.1) is 6.26 Å². The van der Waals surface area contributed by atoms with Crippen molar-refractivity contribution in [2.24, 2.45) is 0 Å². The smallest absolute Gasteiger partial charge is 0.218 e. The van der Waals surface area contributed by atoms with Gasteiger partial charge in [0, 0.05) is 21.0 Å². The molecule has 0 saturated carbocycles. The lowest BCUT2D eigenvalue weighted by Gasteiger charge is -2.02. The van der Waals surface area contributed by atoms with Gasteiger partial charge in [0.2, 0.25) is 15.9 Å². The van der Waals surface area contributed by atoms with Gasteiger partial charge in [-0.1, -0.05) is 13.8 Å². The van der Waals surface area contributed by atoms with Crippen molar-refractivity contribution in [1.82, 2.24) is 9.62 Å². The normalized spacial score (nSPS) is 8.79. The molecule has 14 heavy (non-hydrogen) atoms. The molecule has 0 heterocycles. The minimum absolute atomic E-state index is 0.0926. The second-order valence-corrected chi connectivity index (χ2v) is 4.34. The third-order valence-electron chi connectivity index (χ3n) is 1.00. The Morgan fingerprint density at radius 1 is 1.21 bits per heavy atom. The molecule has 0 aromatic rings. The van der Waals surface area contributed by atoms with Crippen molar-refractivity contribution in [3.63, 3.8) is 0 Å². The molecule has 0 rings (SSSR count). The topological polar surface area (TPSA) is 66.5 Å². The molecule has 0 unspecified atom stereocenters. The molecule has 0 atom stereocenters. The highest BCUT2D eigenvalue weighted by atomic mass is 32.2. The first-order valence-electron chi connectivity index (χ1n) is 4.27. The number of hydrogen-bond acceptors (Lipinski definition) is 3. The van der Waals surface area contributed by atoms with Gasteiger partial charge in [-0.25, -0.2) is 13.1 Å². The fourth-order valence-corrected chi connectivity index (χ4v) is 0. The van der Waals surface area contributed by atoms with Gasteiger partial charge >= 0.3 is 0 Å². The molecule has 0 aliphatic carbocycles. The molecular weight excluding hydrogens is 204 g/mol. The van der Waals surface area contributed by atoms with Crippen molar-refractivity contribution in [3.05, 3.63) is 0 Å². The van der Waals surface area contributed by atoms with Crippen LogP contribution in [0.25, 0.3) is 0 Å². The van der Waals surface area contributed by atoms with Gasteiger partial charge in [0.1, 0.15) is 0 Å². The maximum atomic E-state index is 10.1. The predicted octanol–water partition coefficient (Wildman–Crippen LogP) is 0.286. The Morgan fingerprint density at radius 3 is 1.36 bits per heavy atom. The first-order chi connectivity index (χ1) is 6.20. The quantitative estimate of drug-likeness (QED) is 0.698. The van der Waals surface area contributed by atoms with E-state index in [0.29, 0.717) is 0 Å². The molecular formula is C8H22N2O3S. The summed E-state index contributed by atoms with van der Waals surface area (Å²) in [5.41, 5.74) is 0. The first-order valence-corrected chi connectivity index (χ1v) is 6.16. The molecule has 0 aromatic carbocycles. The average molecular weight is 226 g/mol. The largest absolute Gasteiger partial charge is 0.349 e. The molecule has 5 nitrogen and oxygen atoms in total. The van der Waals surface area contributed by atoms with Crippen molar-refractivity contribution in [2.45, 2.75) is 20.8 Å². The Kier molecular flexibility index (Phi) is 14.2. The van der Waals surface area contributed by atoms with E-state index in [-0.39, 0.29) is 5.91 Å². The Labute approximate surface area is 87.5 Å². The first kappa shape index (κ1) is 19.0. The van der Waals surface area contributed by atoms with E-state index in [9.17, 15) is 13.2 Å². The lowest BCUT2D eigenvalue weighted by Crippen LogP contribution is -2.17. The number of hydrogen-bond donors (Lipinski definition) is 1. The summed E-state index contributed by atoms with van der Waals surface area (Å²) in [5.74, 6) is 0.0926. The van der Waals surface area contributed by atoms with Gasteiger partial charge in [-0.05, 0) is 7.05 Å². The summed E-state index contributed by atoms with van der Waals surface area (Å²) in [5, 5.41) is 0. The summed E-state index contributed by atoms with van der Waals surface area (Å²) in [7, 11) is 1.91. The third-order valence-corrected chi connectivity index (χ3v) is 1.74. The molecule has 0 aliphatic heterocycles. The molecule has 0 spiro atoms. The standard InChI is InChI=1S/C4H9NO.C2H7NO2S.C2H6/c1-4(6)5(2)3;1-3-6(2,4)5;1-2/h1-3H3;3H,1-2H3;1-2H3. The highest BCUT2D eigenvalue weighted by molar-refractivity contribution is 7.88. The molecule has 0 radical (unpaired) electrons. The van der Waals surface area contributed by atoms with Crippen LogP contribution in [0.1, 0.15) is 20.8 Å². The number of carbonyl (C=O) groups is 1. The maximum Gasteiger partial charge on any atom is 0.218 e. The van der Waals surface area contributed by atoms with Crippen LogP contribution in [0, 0.1) is 0 Å². The van der Waals surface area contributed by atoms with E-state index in [2.05, 4.69) is 4.72 Å². The molecule has 88 valence electrons. The molecule has 0 saturated heterocycles. The Balaban J connectivity index is -0.000000147. The van der Waals surface area contributed by atoms with E-state index in [1.54, 1.807) is 14.1 Å². The van der Waals surface area contributed by atoms with E-state index in [1.165, 1.54) is 18.9 Å². The van der Waals surface area contributed by atoms with Crippen LogP contribution in [0.2, 0.25) is 0 Å². The minimum atomic E-state index is -2.91. The summed E-state index contributed by atoms with van der Waals surface area (Å²) in [6.07, 6.45) is 1.10. The second-order valence-electron chi connectivity index (χ2n) is 2.39. The third kappa shape index (κ3) is 30.1. The Hall–Kier alpha value is -0.620.